The third kappa shape index (κ3) is 2.44. The van der Waals surface area contributed by atoms with E-state index in [1.165, 1.54) is 12.1 Å². The van der Waals surface area contributed by atoms with E-state index in [2.05, 4.69) is 11.4 Å². The van der Waals surface area contributed by atoms with Gasteiger partial charge in [0, 0.05) is 5.69 Å². The number of nitrogens with one attached hydrogen (secondary N) is 1. The summed E-state index contributed by atoms with van der Waals surface area (Å²) in [4.78, 5) is 0. The Morgan fingerprint density at radius 1 is 1.28 bits per heavy atom. The van der Waals surface area contributed by atoms with Crippen LogP contribution in [0.1, 0.15) is 11.1 Å². The van der Waals surface area contributed by atoms with Crippen LogP contribution in [0.25, 0.3) is 0 Å². The summed E-state index contributed by atoms with van der Waals surface area (Å²) in [6.45, 7) is 1.90. The Labute approximate surface area is 110 Å². The number of halogens is 2. The fraction of sp³-hybridized carbons (Fsp3) is 0.0714. The first-order chi connectivity index (χ1) is 8.61. The van der Waals surface area contributed by atoms with Gasteiger partial charge in [0.2, 0.25) is 0 Å². The van der Waals surface area contributed by atoms with Crippen LogP contribution < -0.4 is 5.32 Å². The van der Waals surface area contributed by atoms with Gasteiger partial charge in [-0.3, -0.25) is 0 Å². The Kier molecular flexibility index (Phi) is 3.50. The van der Waals surface area contributed by atoms with Crippen molar-refractivity contribution in [1.29, 1.82) is 5.26 Å². The van der Waals surface area contributed by atoms with Crippen molar-refractivity contribution in [3.8, 4) is 6.07 Å². The number of para-hydroxylation sites is 1. The molecule has 0 radical (unpaired) electrons. The highest BCUT2D eigenvalue weighted by atomic mass is 35.5. The largest absolute Gasteiger partial charge is 0.354 e. The first-order valence-corrected chi connectivity index (χ1v) is 5.71. The number of hydrogen-bond acceptors (Lipinski definition) is 2. The second-order valence-electron chi connectivity index (χ2n) is 3.86. The van der Waals surface area contributed by atoms with E-state index < -0.39 is 5.82 Å². The number of anilines is 2. The molecule has 0 atom stereocenters. The van der Waals surface area contributed by atoms with Crippen molar-refractivity contribution in [2.75, 3.05) is 5.32 Å². The van der Waals surface area contributed by atoms with Crippen molar-refractivity contribution >= 4 is 23.0 Å². The second kappa shape index (κ2) is 5.07. The van der Waals surface area contributed by atoms with E-state index in [9.17, 15) is 4.39 Å². The summed E-state index contributed by atoms with van der Waals surface area (Å²) in [7, 11) is 0. The van der Waals surface area contributed by atoms with Crippen LogP contribution in [0.5, 0.6) is 0 Å². The number of nitriles is 1. The summed E-state index contributed by atoms with van der Waals surface area (Å²) in [6.07, 6.45) is 0. The normalized spacial score (nSPS) is 9.89. The smallest absolute Gasteiger partial charge is 0.141 e. The van der Waals surface area contributed by atoms with Gasteiger partial charge in [0.25, 0.3) is 0 Å². The highest BCUT2D eigenvalue weighted by molar-refractivity contribution is 6.31. The minimum Gasteiger partial charge on any atom is -0.354 e. The van der Waals surface area contributed by atoms with Crippen molar-refractivity contribution in [3.05, 3.63) is 58.4 Å². The van der Waals surface area contributed by atoms with Crippen molar-refractivity contribution < 1.29 is 4.39 Å². The van der Waals surface area contributed by atoms with Crippen LogP contribution >= 0.6 is 11.6 Å². The minimum atomic E-state index is -0.465. The van der Waals surface area contributed by atoms with Crippen LogP contribution in [-0.2, 0) is 0 Å². The summed E-state index contributed by atoms with van der Waals surface area (Å²) in [6, 6.07) is 11.9. The molecule has 0 aromatic heterocycles. The fourth-order valence-electron chi connectivity index (χ4n) is 1.65. The average molecular weight is 261 g/mol. The predicted octanol–water partition coefficient (Wildman–Crippen LogP) is 4.40. The van der Waals surface area contributed by atoms with Gasteiger partial charge >= 0.3 is 0 Å². The number of nitrogens with zero attached hydrogens (tertiary/aromatic N) is 1. The molecule has 0 saturated carbocycles. The monoisotopic (exact) mass is 260 g/mol. The molecule has 90 valence electrons. The number of hydrogen-bond donors (Lipinski definition) is 1. The molecular weight excluding hydrogens is 251 g/mol. The second-order valence-corrected chi connectivity index (χ2v) is 4.27. The zero-order valence-electron chi connectivity index (χ0n) is 9.67. The van der Waals surface area contributed by atoms with Crippen LogP contribution in [0.3, 0.4) is 0 Å². The van der Waals surface area contributed by atoms with Crippen molar-refractivity contribution in [2.45, 2.75) is 6.92 Å². The summed E-state index contributed by atoms with van der Waals surface area (Å²) < 4.78 is 13.1. The van der Waals surface area contributed by atoms with Crippen LogP contribution in [0.4, 0.5) is 15.8 Å². The van der Waals surface area contributed by atoms with Gasteiger partial charge in [-0.1, -0.05) is 23.7 Å². The standard InChI is InChI=1S/C14H10ClFN2/c1-9-3-2-4-10(8-17)14(9)18-11-5-6-13(16)12(15)7-11/h2-7,18H,1H3. The Hall–Kier alpha value is -2.05. The van der Waals surface area contributed by atoms with Crippen LogP contribution in [0.15, 0.2) is 36.4 Å². The number of aryl methyl sites for hydroxylation is 1. The van der Waals surface area contributed by atoms with Gasteiger partial charge in [-0.15, -0.1) is 0 Å². The first-order valence-electron chi connectivity index (χ1n) is 5.33. The predicted molar refractivity (Wildman–Crippen MR) is 70.6 cm³/mol. The third-order valence-electron chi connectivity index (χ3n) is 2.58. The van der Waals surface area contributed by atoms with Gasteiger partial charge in [-0.2, -0.15) is 5.26 Å². The molecule has 2 aromatic carbocycles. The maximum atomic E-state index is 13.1. The molecule has 0 fully saturated rings. The molecule has 0 spiro atoms. The van der Waals surface area contributed by atoms with Crippen molar-refractivity contribution in [2.24, 2.45) is 0 Å². The van der Waals surface area contributed by atoms with E-state index in [0.717, 1.165) is 5.56 Å². The molecule has 2 rings (SSSR count). The number of benzene rings is 2. The van der Waals surface area contributed by atoms with E-state index in [4.69, 9.17) is 16.9 Å². The molecule has 0 amide bonds. The Bertz CT molecular complexity index is 632. The van der Waals surface area contributed by atoms with Crippen LogP contribution in [0.2, 0.25) is 5.02 Å². The van der Waals surface area contributed by atoms with E-state index in [-0.39, 0.29) is 5.02 Å². The van der Waals surface area contributed by atoms with Gasteiger partial charge < -0.3 is 5.32 Å². The molecule has 0 aliphatic rings. The first kappa shape index (κ1) is 12.4. The van der Waals surface area contributed by atoms with Gasteiger partial charge in [-0.25, -0.2) is 4.39 Å². The van der Waals surface area contributed by atoms with E-state index in [1.807, 2.05) is 19.1 Å². The summed E-state index contributed by atoms with van der Waals surface area (Å²) in [5.74, 6) is -0.465. The summed E-state index contributed by atoms with van der Waals surface area (Å²) >= 11 is 5.71. The molecular formula is C14H10ClFN2. The lowest BCUT2D eigenvalue weighted by Crippen LogP contribution is -1.96. The molecule has 2 aromatic rings. The quantitative estimate of drug-likeness (QED) is 0.869. The van der Waals surface area contributed by atoms with E-state index >= 15 is 0 Å². The fourth-order valence-corrected chi connectivity index (χ4v) is 1.83. The molecule has 2 nitrogen and oxygen atoms in total. The molecule has 0 aliphatic carbocycles. The Morgan fingerprint density at radius 3 is 2.72 bits per heavy atom. The lowest BCUT2D eigenvalue weighted by molar-refractivity contribution is 0.628. The van der Waals surface area contributed by atoms with Crippen molar-refractivity contribution in [3.63, 3.8) is 0 Å². The lowest BCUT2D eigenvalue weighted by Gasteiger charge is -2.11. The van der Waals surface area contributed by atoms with Gasteiger partial charge in [-0.05, 0) is 36.8 Å². The maximum absolute atomic E-state index is 13.1. The van der Waals surface area contributed by atoms with Crippen LogP contribution in [0, 0.1) is 24.1 Å². The van der Waals surface area contributed by atoms with Gasteiger partial charge in [0.15, 0.2) is 0 Å². The highest BCUT2D eigenvalue weighted by Crippen LogP contribution is 2.26. The average Bonchev–Trinajstić information content (AvgIpc) is 2.36. The topological polar surface area (TPSA) is 35.8 Å². The highest BCUT2D eigenvalue weighted by Gasteiger charge is 2.07. The Morgan fingerprint density at radius 2 is 2.06 bits per heavy atom. The summed E-state index contributed by atoms with van der Waals surface area (Å²) in [5.41, 5.74) is 2.83. The zero-order valence-corrected chi connectivity index (χ0v) is 10.4. The van der Waals surface area contributed by atoms with Gasteiger partial charge in [0.1, 0.15) is 11.9 Å². The molecule has 0 bridgehead atoms. The molecule has 0 heterocycles. The van der Waals surface area contributed by atoms with E-state index in [1.54, 1.807) is 12.1 Å². The zero-order chi connectivity index (χ0) is 13.1. The maximum Gasteiger partial charge on any atom is 0.141 e. The molecule has 0 unspecified atom stereocenters. The summed E-state index contributed by atoms with van der Waals surface area (Å²) in [5, 5.41) is 12.2. The SMILES string of the molecule is Cc1cccc(C#N)c1Nc1ccc(F)c(Cl)c1. The lowest BCUT2D eigenvalue weighted by atomic mass is 10.1. The molecule has 18 heavy (non-hydrogen) atoms. The minimum absolute atomic E-state index is 0.0482. The third-order valence-corrected chi connectivity index (χ3v) is 2.87. The van der Waals surface area contributed by atoms with E-state index in [0.29, 0.717) is 16.9 Å². The van der Waals surface area contributed by atoms with Gasteiger partial charge in [0.05, 0.1) is 16.3 Å². The molecule has 1 N–H and O–H groups in total. The van der Waals surface area contributed by atoms with Crippen LogP contribution in [-0.4, -0.2) is 0 Å². The molecule has 0 saturated heterocycles. The van der Waals surface area contributed by atoms with Crippen molar-refractivity contribution in [1.82, 2.24) is 0 Å². The Balaban J connectivity index is 2.40. The molecule has 4 heteroatoms. The number of rotatable bonds is 2. The molecule has 0 aliphatic heterocycles.